The second-order valence-corrected chi connectivity index (χ2v) is 6.01. The SMILES string of the molecule is Cc1cccn2c(=O)cc(COC(=O)Cn3cc(C(F)(F)F)ccc3=O)nc12. The number of fused-ring (bicyclic) bond motifs is 1. The summed E-state index contributed by atoms with van der Waals surface area (Å²) in [7, 11) is 0. The standard InChI is InChI=1S/C18H14F3N3O4/c1-11-3-2-6-24-15(26)7-13(22-17(11)24)10-28-16(27)9-23-8-12(18(19,20)21)4-5-14(23)25/h2-8H,9-10H2,1H3. The van der Waals surface area contributed by atoms with E-state index in [1.54, 1.807) is 25.3 Å². The number of carbonyl (C=O) groups excluding carboxylic acids is 1. The van der Waals surface area contributed by atoms with Crippen molar-refractivity contribution in [1.82, 2.24) is 14.0 Å². The number of hydrogen-bond acceptors (Lipinski definition) is 5. The minimum atomic E-state index is -4.64. The predicted octanol–water partition coefficient (Wildman–Crippen LogP) is 1.93. The molecule has 0 spiro atoms. The molecule has 0 unspecified atom stereocenters. The number of esters is 1. The molecule has 3 rings (SSSR count). The molecule has 0 amide bonds. The van der Waals surface area contributed by atoms with E-state index in [1.807, 2.05) is 0 Å². The maximum absolute atomic E-state index is 12.7. The third kappa shape index (κ3) is 4.11. The molecule has 3 aromatic rings. The molecule has 3 aromatic heterocycles. The highest BCUT2D eigenvalue weighted by molar-refractivity contribution is 5.69. The number of aromatic nitrogens is 3. The molecule has 0 radical (unpaired) electrons. The number of nitrogens with zero attached hydrogens (tertiary/aromatic N) is 3. The highest BCUT2D eigenvalue weighted by Crippen LogP contribution is 2.27. The summed E-state index contributed by atoms with van der Waals surface area (Å²) in [6.07, 6.45) is -2.55. The number of carbonyl (C=O) groups is 1. The lowest BCUT2D eigenvalue weighted by molar-refractivity contribution is -0.146. The number of hydrogen-bond donors (Lipinski definition) is 0. The zero-order valence-electron chi connectivity index (χ0n) is 14.6. The van der Waals surface area contributed by atoms with Crippen LogP contribution >= 0.6 is 0 Å². The normalized spacial score (nSPS) is 11.6. The Morgan fingerprint density at radius 1 is 1.18 bits per heavy atom. The van der Waals surface area contributed by atoms with Gasteiger partial charge in [0.2, 0.25) is 0 Å². The molecule has 0 aliphatic heterocycles. The van der Waals surface area contributed by atoms with Crippen molar-refractivity contribution < 1.29 is 22.7 Å². The maximum atomic E-state index is 12.7. The zero-order valence-corrected chi connectivity index (χ0v) is 14.6. The van der Waals surface area contributed by atoms with Gasteiger partial charge in [-0.05, 0) is 24.6 Å². The van der Waals surface area contributed by atoms with Gasteiger partial charge in [-0.3, -0.25) is 18.8 Å². The summed E-state index contributed by atoms with van der Waals surface area (Å²) in [4.78, 5) is 39.9. The van der Waals surface area contributed by atoms with Gasteiger partial charge in [0.05, 0.1) is 11.3 Å². The van der Waals surface area contributed by atoms with Gasteiger partial charge in [-0.15, -0.1) is 0 Å². The quantitative estimate of drug-likeness (QED) is 0.633. The summed E-state index contributed by atoms with van der Waals surface area (Å²) in [5.41, 5.74) is -0.876. The van der Waals surface area contributed by atoms with Crippen molar-refractivity contribution in [2.45, 2.75) is 26.3 Å². The van der Waals surface area contributed by atoms with E-state index in [-0.39, 0.29) is 17.9 Å². The molecule has 7 nitrogen and oxygen atoms in total. The van der Waals surface area contributed by atoms with Crippen molar-refractivity contribution in [3.63, 3.8) is 0 Å². The molecular formula is C18H14F3N3O4. The topological polar surface area (TPSA) is 82.7 Å². The van der Waals surface area contributed by atoms with Crippen LogP contribution in [-0.4, -0.2) is 19.9 Å². The van der Waals surface area contributed by atoms with E-state index >= 15 is 0 Å². The van der Waals surface area contributed by atoms with Crippen LogP contribution in [0.1, 0.15) is 16.8 Å². The Morgan fingerprint density at radius 2 is 1.93 bits per heavy atom. The monoisotopic (exact) mass is 393 g/mol. The van der Waals surface area contributed by atoms with Crippen LogP contribution in [0, 0.1) is 6.92 Å². The van der Waals surface area contributed by atoms with Gasteiger partial charge in [0.1, 0.15) is 18.8 Å². The molecule has 0 bridgehead atoms. The van der Waals surface area contributed by atoms with Crippen LogP contribution in [0.15, 0.2) is 52.3 Å². The van der Waals surface area contributed by atoms with Gasteiger partial charge < -0.3 is 9.30 Å². The van der Waals surface area contributed by atoms with Crippen LogP contribution in [0.3, 0.4) is 0 Å². The Kier molecular flexibility index (Phi) is 5.04. The first kappa shape index (κ1) is 19.3. The van der Waals surface area contributed by atoms with Gasteiger partial charge in [-0.25, -0.2) is 4.98 Å². The maximum Gasteiger partial charge on any atom is 0.417 e. The van der Waals surface area contributed by atoms with Crippen molar-refractivity contribution in [1.29, 1.82) is 0 Å². The summed E-state index contributed by atoms with van der Waals surface area (Å²) in [6.45, 7) is 0.707. The highest BCUT2D eigenvalue weighted by Gasteiger charge is 2.31. The molecule has 28 heavy (non-hydrogen) atoms. The van der Waals surface area contributed by atoms with Crippen LogP contribution < -0.4 is 11.1 Å². The molecule has 0 aliphatic carbocycles. The van der Waals surface area contributed by atoms with Crippen molar-refractivity contribution in [3.05, 3.63) is 80.3 Å². The van der Waals surface area contributed by atoms with Gasteiger partial charge in [-0.1, -0.05) is 6.07 Å². The number of pyridine rings is 2. The van der Waals surface area contributed by atoms with Gasteiger partial charge in [0.25, 0.3) is 11.1 Å². The van der Waals surface area contributed by atoms with Crippen molar-refractivity contribution in [2.24, 2.45) is 0 Å². The number of halogens is 3. The summed E-state index contributed by atoms with van der Waals surface area (Å²) in [5, 5.41) is 0. The molecular weight excluding hydrogens is 379 g/mol. The fourth-order valence-electron chi connectivity index (χ4n) is 2.54. The van der Waals surface area contributed by atoms with Crippen molar-refractivity contribution in [2.75, 3.05) is 0 Å². The second kappa shape index (κ2) is 7.29. The average Bonchev–Trinajstić information content (AvgIpc) is 2.62. The Balaban J connectivity index is 1.75. The molecule has 3 heterocycles. The fourth-order valence-corrected chi connectivity index (χ4v) is 2.54. The van der Waals surface area contributed by atoms with E-state index in [4.69, 9.17) is 4.74 Å². The summed E-state index contributed by atoms with van der Waals surface area (Å²) < 4.78 is 45.1. The highest BCUT2D eigenvalue weighted by atomic mass is 19.4. The van der Waals surface area contributed by atoms with Crippen LogP contribution in [0.25, 0.3) is 5.65 Å². The summed E-state index contributed by atoms with van der Waals surface area (Å²) in [5.74, 6) is -0.937. The van der Waals surface area contributed by atoms with Crippen LogP contribution in [0.2, 0.25) is 0 Å². The molecule has 0 N–H and O–H groups in total. The fraction of sp³-hybridized carbons (Fsp3) is 0.222. The minimum Gasteiger partial charge on any atom is -0.458 e. The van der Waals surface area contributed by atoms with E-state index < -0.39 is 29.8 Å². The first-order chi connectivity index (χ1) is 13.1. The zero-order chi connectivity index (χ0) is 20.5. The second-order valence-electron chi connectivity index (χ2n) is 6.01. The Bertz CT molecular complexity index is 1170. The first-order valence-electron chi connectivity index (χ1n) is 8.06. The minimum absolute atomic E-state index is 0.184. The van der Waals surface area contributed by atoms with Crippen molar-refractivity contribution >= 4 is 11.6 Å². The van der Waals surface area contributed by atoms with Gasteiger partial charge in [0, 0.05) is 24.5 Å². The van der Waals surface area contributed by atoms with Crippen LogP contribution in [0.4, 0.5) is 13.2 Å². The van der Waals surface area contributed by atoms with E-state index in [2.05, 4.69) is 4.98 Å². The number of aryl methyl sites for hydroxylation is 1. The first-order valence-corrected chi connectivity index (χ1v) is 8.06. The van der Waals surface area contributed by atoms with Crippen LogP contribution in [-0.2, 0) is 28.9 Å². The van der Waals surface area contributed by atoms with E-state index in [9.17, 15) is 27.6 Å². The third-order valence-electron chi connectivity index (χ3n) is 3.93. The molecule has 0 atom stereocenters. The Hall–Kier alpha value is -3.43. The average molecular weight is 393 g/mol. The molecule has 10 heteroatoms. The van der Waals surface area contributed by atoms with E-state index in [1.165, 1.54) is 10.5 Å². The van der Waals surface area contributed by atoms with Crippen molar-refractivity contribution in [3.8, 4) is 0 Å². The number of alkyl halides is 3. The van der Waals surface area contributed by atoms with Crippen LogP contribution in [0.5, 0.6) is 0 Å². The largest absolute Gasteiger partial charge is 0.458 e. The predicted molar refractivity (Wildman–Crippen MR) is 91.7 cm³/mol. The number of ether oxygens (including phenoxy) is 1. The molecule has 146 valence electrons. The molecule has 0 fully saturated rings. The summed E-state index contributed by atoms with van der Waals surface area (Å²) >= 11 is 0. The van der Waals surface area contributed by atoms with Gasteiger partial charge in [0.15, 0.2) is 0 Å². The van der Waals surface area contributed by atoms with Gasteiger partial charge >= 0.3 is 12.1 Å². The third-order valence-corrected chi connectivity index (χ3v) is 3.93. The van der Waals surface area contributed by atoms with E-state index in [0.29, 0.717) is 22.5 Å². The van der Waals surface area contributed by atoms with Gasteiger partial charge in [-0.2, -0.15) is 13.2 Å². The summed E-state index contributed by atoms with van der Waals surface area (Å²) in [6, 6.07) is 6.01. The molecule has 0 aromatic carbocycles. The number of rotatable bonds is 4. The lowest BCUT2D eigenvalue weighted by Crippen LogP contribution is -2.26. The molecule has 0 saturated heterocycles. The smallest absolute Gasteiger partial charge is 0.417 e. The Labute approximate surface area is 155 Å². The lowest BCUT2D eigenvalue weighted by Gasteiger charge is -2.11. The van der Waals surface area contributed by atoms with E-state index in [0.717, 1.165) is 11.6 Å². The lowest BCUT2D eigenvalue weighted by atomic mass is 10.3. The Morgan fingerprint density at radius 3 is 2.64 bits per heavy atom. The molecule has 0 aliphatic rings. The molecule has 0 saturated carbocycles.